The van der Waals surface area contributed by atoms with Gasteiger partial charge >= 0.3 is 0 Å². The zero-order valence-corrected chi connectivity index (χ0v) is 11.8. The van der Waals surface area contributed by atoms with Gasteiger partial charge in [0, 0.05) is 22.9 Å². The first-order valence-corrected chi connectivity index (χ1v) is 8.04. The van der Waals surface area contributed by atoms with E-state index in [0.29, 0.717) is 5.37 Å². The van der Waals surface area contributed by atoms with Crippen LogP contribution in [0.1, 0.15) is 24.2 Å². The lowest BCUT2D eigenvalue weighted by atomic mass is 10.2. The molecule has 17 heavy (non-hydrogen) atoms. The van der Waals surface area contributed by atoms with Gasteiger partial charge in [-0.2, -0.15) is 0 Å². The monoisotopic (exact) mass is 267 g/mol. The fourth-order valence-electron chi connectivity index (χ4n) is 1.98. The van der Waals surface area contributed by atoms with E-state index in [9.17, 15) is 4.79 Å². The first-order valence-electron chi connectivity index (χ1n) is 6.00. The maximum Gasteiger partial charge on any atom is 0.255 e. The highest BCUT2D eigenvalue weighted by Crippen LogP contribution is 2.36. The van der Waals surface area contributed by atoms with E-state index in [-0.39, 0.29) is 5.91 Å². The Morgan fingerprint density at radius 2 is 2.06 bits per heavy atom. The Bertz CT molecular complexity index is 408. The van der Waals surface area contributed by atoms with Crippen molar-refractivity contribution in [1.82, 2.24) is 4.90 Å². The Hall–Kier alpha value is -0.610. The van der Waals surface area contributed by atoms with E-state index in [2.05, 4.69) is 0 Å². The molecule has 1 amide bonds. The van der Waals surface area contributed by atoms with Crippen molar-refractivity contribution in [2.24, 2.45) is 0 Å². The van der Waals surface area contributed by atoms with E-state index in [0.717, 1.165) is 28.5 Å². The van der Waals surface area contributed by atoms with Crippen LogP contribution in [0, 0.1) is 0 Å². The molecule has 0 aliphatic carbocycles. The number of thioether (sulfide) groups is 2. The van der Waals surface area contributed by atoms with Crippen molar-refractivity contribution in [3.05, 3.63) is 29.8 Å². The molecule has 2 aliphatic heterocycles. The summed E-state index contributed by atoms with van der Waals surface area (Å²) in [5.41, 5.74) is 0.882. The van der Waals surface area contributed by atoms with Crippen molar-refractivity contribution in [2.45, 2.75) is 24.1 Å². The van der Waals surface area contributed by atoms with Crippen LogP contribution >= 0.6 is 23.5 Å². The molecule has 2 heterocycles. The topological polar surface area (TPSA) is 20.3 Å². The van der Waals surface area contributed by atoms with Gasteiger partial charge in [0.05, 0.1) is 10.9 Å². The molecule has 1 saturated heterocycles. The van der Waals surface area contributed by atoms with Gasteiger partial charge in [0.25, 0.3) is 5.91 Å². The second-order valence-corrected chi connectivity index (χ2v) is 5.98. The highest BCUT2D eigenvalue weighted by atomic mass is 32.2. The van der Waals surface area contributed by atoms with Crippen molar-refractivity contribution >= 4 is 29.4 Å². The molecule has 1 atom stereocenters. The Morgan fingerprint density at radius 1 is 1.29 bits per heavy atom. The maximum absolute atomic E-state index is 12.2. The quantitative estimate of drug-likeness (QED) is 0.719. The number of hydrogen-bond acceptors (Lipinski definition) is 3. The zero-order chi connectivity index (χ0) is 12.3. The molecule has 0 spiro atoms. The standard InChI is InChI=1S/C11H11NOS2.C2H6/c13-11-8-3-1-2-4-9(8)15-7-10-12(11)5-6-14-10;1-2/h1-4,10H,5-7H2;1-2H3. The number of nitrogens with zero attached hydrogens (tertiary/aromatic N) is 1. The molecule has 2 aliphatic rings. The molecule has 2 nitrogen and oxygen atoms in total. The second kappa shape index (κ2) is 5.83. The Morgan fingerprint density at radius 3 is 2.88 bits per heavy atom. The molecule has 1 fully saturated rings. The fourth-order valence-corrected chi connectivity index (χ4v) is 4.51. The van der Waals surface area contributed by atoms with E-state index in [1.165, 1.54) is 0 Å². The normalized spacial score (nSPS) is 22.1. The van der Waals surface area contributed by atoms with Crippen molar-refractivity contribution in [1.29, 1.82) is 0 Å². The maximum atomic E-state index is 12.2. The highest BCUT2D eigenvalue weighted by Gasteiger charge is 2.33. The van der Waals surface area contributed by atoms with Crippen LogP contribution in [-0.4, -0.2) is 34.2 Å². The molecule has 0 saturated carbocycles. The minimum absolute atomic E-state index is 0.214. The van der Waals surface area contributed by atoms with Crippen LogP contribution in [0.2, 0.25) is 0 Å². The van der Waals surface area contributed by atoms with Gasteiger partial charge in [-0.15, -0.1) is 23.5 Å². The summed E-state index contributed by atoms with van der Waals surface area (Å²) in [6.07, 6.45) is 0. The zero-order valence-electron chi connectivity index (χ0n) is 10.2. The summed E-state index contributed by atoms with van der Waals surface area (Å²) in [7, 11) is 0. The molecule has 0 bridgehead atoms. The average molecular weight is 267 g/mol. The van der Waals surface area contributed by atoms with Gasteiger partial charge in [0.1, 0.15) is 0 Å². The molecule has 0 N–H and O–H groups in total. The lowest BCUT2D eigenvalue weighted by Crippen LogP contribution is -2.34. The minimum Gasteiger partial charge on any atom is -0.325 e. The second-order valence-electron chi connectivity index (χ2n) is 3.63. The Kier molecular flexibility index (Phi) is 4.40. The summed E-state index contributed by atoms with van der Waals surface area (Å²) in [4.78, 5) is 15.4. The largest absolute Gasteiger partial charge is 0.325 e. The molecular weight excluding hydrogens is 250 g/mol. The predicted molar refractivity (Wildman–Crippen MR) is 75.8 cm³/mol. The van der Waals surface area contributed by atoms with Crippen molar-refractivity contribution in [3.63, 3.8) is 0 Å². The van der Waals surface area contributed by atoms with Gasteiger partial charge in [-0.1, -0.05) is 26.0 Å². The smallest absolute Gasteiger partial charge is 0.255 e. The SMILES string of the molecule is CC.O=C1c2ccccc2SCC2SCCN12. The summed E-state index contributed by atoms with van der Waals surface area (Å²) in [6, 6.07) is 7.93. The molecule has 92 valence electrons. The van der Waals surface area contributed by atoms with Crippen LogP contribution in [0.5, 0.6) is 0 Å². The van der Waals surface area contributed by atoms with Crippen LogP contribution in [0.4, 0.5) is 0 Å². The van der Waals surface area contributed by atoms with Gasteiger partial charge in [-0.05, 0) is 12.1 Å². The number of amides is 1. The highest BCUT2D eigenvalue weighted by molar-refractivity contribution is 8.03. The number of hydrogen-bond donors (Lipinski definition) is 0. The Labute approximate surface area is 111 Å². The third-order valence-corrected chi connectivity index (χ3v) is 5.33. The van der Waals surface area contributed by atoms with E-state index < -0.39 is 0 Å². The lowest BCUT2D eigenvalue weighted by molar-refractivity contribution is 0.0769. The third-order valence-electron chi connectivity index (χ3n) is 2.75. The summed E-state index contributed by atoms with van der Waals surface area (Å²) in [5.74, 6) is 2.32. The molecule has 3 rings (SSSR count). The van der Waals surface area contributed by atoms with Crippen molar-refractivity contribution in [3.8, 4) is 0 Å². The summed E-state index contributed by atoms with van der Waals surface area (Å²) in [6.45, 7) is 4.91. The molecule has 1 aromatic rings. The van der Waals surface area contributed by atoms with Gasteiger partial charge in [-0.25, -0.2) is 0 Å². The van der Waals surface area contributed by atoms with E-state index in [4.69, 9.17) is 0 Å². The van der Waals surface area contributed by atoms with Crippen LogP contribution in [0.3, 0.4) is 0 Å². The summed E-state index contributed by atoms with van der Waals surface area (Å²) < 4.78 is 0. The third kappa shape index (κ3) is 2.47. The first-order chi connectivity index (χ1) is 8.36. The van der Waals surface area contributed by atoms with Gasteiger partial charge < -0.3 is 4.90 Å². The minimum atomic E-state index is 0.214. The van der Waals surface area contributed by atoms with Crippen molar-refractivity contribution < 1.29 is 4.79 Å². The summed E-state index contributed by atoms with van der Waals surface area (Å²) >= 11 is 3.70. The number of carbonyl (C=O) groups excluding carboxylic acids is 1. The van der Waals surface area contributed by atoms with Crippen LogP contribution in [0.15, 0.2) is 29.2 Å². The first kappa shape index (κ1) is 12.8. The fraction of sp³-hybridized carbons (Fsp3) is 0.462. The van der Waals surface area contributed by atoms with Crippen LogP contribution in [0.25, 0.3) is 0 Å². The van der Waals surface area contributed by atoms with Crippen molar-refractivity contribution in [2.75, 3.05) is 18.1 Å². The van der Waals surface area contributed by atoms with Gasteiger partial charge in [0.2, 0.25) is 0 Å². The molecular formula is C13H17NOS2. The van der Waals surface area contributed by atoms with Gasteiger partial charge in [-0.3, -0.25) is 4.79 Å². The van der Waals surface area contributed by atoms with Gasteiger partial charge in [0.15, 0.2) is 0 Å². The number of rotatable bonds is 0. The van der Waals surface area contributed by atoms with Crippen LogP contribution in [-0.2, 0) is 0 Å². The number of carbonyl (C=O) groups is 1. The van der Waals surface area contributed by atoms with Crippen LogP contribution < -0.4 is 0 Å². The molecule has 1 aromatic carbocycles. The number of fused-ring (bicyclic) bond motifs is 2. The van der Waals surface area contributed by atoms with E-state index >= 15 is 0 Å². The number of benzene rings is 1. The van der Waals surface area contributed by atoms with E-state index in [1.54, 1.807) is 11.8 Å². The van der Waals surface area contributed by atoms with E-state index in [1.807, 2.05) is 54.8 Å². The lowest BCUT2D eigenvalue weighted by Gasteiger charge is -2.20. The molecule has 0 radical (unpaired) electrons. The molecule has 4 heteroatoms. The molecule has 1 unspecified atom stereocenters. The summed E-state index contributed by atoms with van der Waals surface area (Å²) in [5, 5.41) is 0.384. The Balaban J connectivity index is 0.000000514. The predicted octanol–water partition coefficient (Wildman–Crippen LogP) is 3.33. The average Bonchev–Trinajstić information content (AvgIpc) is 2.82. The molecule has 0 aromatic heterocycles.